The smallest absolute Gasteiger partial charge is 0.229 e. The van der Waals surface area contributed by atoms with Gasteiger partial charge in [-0.15, -0.1) is 0 Å². The van der Waals surface area contributed by atoms with E-state index >= 15 is 0 Å². The summed E-state index contributed by atoms with van der Waals surface area (Å²) in [7, 11) is 0. The van der Waals surface area contributed by atoms with E-state index in [0.29, 0.717) is 18.8 Å². The van der Waals surface area contributed by atoms with Crippen molar-refractivity contribution in [3.63, 3.8) is 0 Å². The van der Waals surface area contributed by atoms with Crippen LogP contribution < -0.4 is 5.32 Å². The van der Waals surface area contributed by atoms with Crippen LogP contribution in [0, 0.1) is 18.7 Å². The molecule has 0 spiro atoms. The molecule has 4 nitrogen and oxygen atoms in total. The topological polar surface area (TPSA) is 49.4 Å². The SMILES string of the molecule is Cc1ccc(F)cc1NC(=O)C1CC(=O)N(Cc2ccccc2)C1. The Morgan fingerprint density at radius 2 is 2.00 bits per heavy atom. The van der Waals surface area contributed by atoms with Crippen LogP contribution in [0.4, 0.5) is 10.1 Å². The van der Waals surface area contributed by atoms with Gasteiger partial charge in [0.05, 0.1) is 5.92 Å². The predicted molar refractivity (Wildman–Crippen MR) is 89.7 cm³/mol. The van der Waals surface area contributed by atoms with Gasteiger partial charge >= 0.3 is 0 Å². The van der Waals surface area contributed by atoms with Gasteiger partial charge in [-0.05, 0) is 30.2 Å². The molecule has 1 unspecified atom stereocenters. The van der Waals surface area contributed by atoms with Gasteiger partial charge < -0.3 is 10.2 Å². The summed E-state index contributed by atoms with van der Waals surface area (Å²) in [6, 6.07) is 13.9. The van der Waals surface area contributed by atoms with Gasteiger partial charge in [-0.25, -0.2) is 4.39 Å². The summed E-state index contributed by atoms with van der Waals surface area (Å²) in [5.41, 5.74) is 2.28. The molecule has 2 aromatic rings. The van der Waals surface area contributed by atoms with E-state index in [1.165, 1.54) is 12.1 Å². The number of hydrogen-bond acceptors (Lipinski definition) is 2. The number of amides is 2. The van der Waals surface area contributed by atoms with Crippen molar-refractivity contribution in [1.29, 1.82) is 0 Å². The third-order valence-corrected chi connectivity index (χ3v) is 4.26. The molecule has 2 amide bonds. The second-order valence-corrected chi connectivity index (χ2v) is 6.11. The van der Waals surface area contributed by atoms with Crippen LogP contribution in [0.1, 0.15) is 17.5 Å². The Morgan fingerprint density at radius 3 is 2.75 bits per heavy atom. The van der Waals surface area contributed by atoms with Crippen LogP contribution in [0.2, 0.25) is 0 Å². The van der Waals surface area contributed by atoms with Crippen molar-refractivity contribution in [3.8, 4) is 0 Å². The minimum Gasteiger partial charge on any atom is -0.338 e. The number of hydrogen-bond donors (Lipinski definition) is 1. The highest BCUT2D eigenvalue weighted by Crippen LogP contribution is 2.23. The molecule has 1 N–H and O–H groups in total. The summed E-state index contributed by atoms with van der Waals surface area (Å²) in [4.78, 5) is 26.3. The molecule has 0 radical (unpaired) electrons. The zero-order valence-electron chi connectivity index (χ0n) is 13.5. The summed E-state index contributed by atoms with van der Waals surface area (Å²) in [6.45, 7) is 2.69. The number of likely N-dealkylation sites (tertiary alicyclic amines) is 1. The molecular formula is C19H19FN2O2. The maximum absolute atomic E-state index is 13.3. The summed E-state index contributed by atoms with van der Waals surface area (Å²) < 4.78 is 13.3. The Kier molecular flexibility index (Phi) is 4.60. The van der Waals surface area contributed by atoms with Crippen LogP contribution in [0.5, 0.6) is 0 Å². The van der Waals surface area contributed by atoms with Crippen molar-refractivity contribution in [3.05, 3.63) is 65.5 Å². The van der Waals surface area contributed by atoms with Crippen molar-refractivity contribution < 1.29 is 14.0 Å². The normalized spacial score (nSPS) is 17.2. The second-order valence-electron chi connectivity index (χ2n) is 6.11. The fourth-order valence-corrected chi connectivity index (χ4v) is 2.87. The predicted octanol–water partition coefficient (Wildman–Crippen LogP) is 3.12. The number of carbonyl (C=O) groups excluding carboxylic acids is 2. The summed E-state index contributed by atoms with van der Waals surface area (Å²) in [5.74, 6) is -1.09. The van der Waals surface area contributed by atoms with Crippen molar-refractivity contribution in [2.45, 2.75) is 19.9 Å². The van der Waals surface area contributed by atoms with Gasteiger partial charge in [0.25, 0.3) is 0 Å². The maximum atomic E-state index is 13.3. The van der Waals surface area contributed by atoms with E-state index in [4.69, 9.17) is 0 Å². The lowest BCUT2D eigenvalue weighted by Gasteiger charge is -2.17. The van der Waals surface area contributed by atoms with Gasteiger partial charge in [0.1, 0.15) is 5.82 Å². The van der Waals surface area contributed by atoms with Crippen LogP contribution >= 0.6 is 0 Å². The highest BCUT2D eigenvalue weighted by Gasteiger charge is 2.34. The molecule has 2 aromatic carbocycles. The van der Waals surface area contributed by atoms with Crippen molar-refractivity contribution in [1.82, 2.24) is 4.90 Å². The average molecular weight is 326 g/mol. The van der Waals surface area contributed by atoms with Gasteiger partial charge in [-0.1, -0.05) is 36.4 Å². The number of rotatable bonds is 4. The zero-order chi connectivity index (χ0) is 17.1. The third kappa shape index (κ3) is 3.62. The standard InChI is InChI=1S/C19H19FN2O2/c1-13-7-8-16(20)10-17(13)21-19(24)15-9-18(23)22(12-15)11-14-5-3-2-4-6-14/h2-8,10,15H,9,11-12H2,1H3,(H,21,24). The Hall–Kier alpha value is -2.69. The quantitative estimate of drug-likeness (QED) is 0.938. The number of benzene rings is 2. The van der Waals surface area contributed by atoms with E-state index in [1.807, 2.05) is 30.3 Å². The third-order valence-electron chi connectivity index (χ3n) is 4.26. The lowest BCUT2D eigenvalue weighted by atomic mass is 10.1. The first kappa shape index (κ1) is 16.2. The first-order chi connectivity index (χ1) is 11.5. The number of aryl methyl sites for hydroxylation is 1. The van der Waals surface area contributed by atoms with E-state index in [0.717, 1.165) is 11.1 Å². The van der Waals surface area contributed by atoms with Crippen LogP contribution in [-0.4, -0.2) is 23.3 Å². The molecule has 0 bridgehead atoms. The Morgan fingerprint density at radius 1 is 1.25 bits per heavy atom. The number of halogens is 1. The fourth-order valence-electron chi connectivity index (χ4n) is 2.87. The monoisotopic (exact) mass is 326 g/mol. The molecule has 24 heavy (non-hydrogen) atoms. The second kappa shape index (κ2) is 6.83. The summed E-state index contributed by atoms with van der Waals surface area (Å²) in [5, 5.41) is 2.74. The van der Waals surface area contributed by atoms with Crippen LogP contribution in [0.25, 0.3) is 0 Å². The molecule has 1 aliphatic rings. The molecule has 0 saturated carbocycles. The van der Waals surface area contributed by atoms with E-state index in [9.17, 15) is 14.0 Å². The van der Waals surface area contributed by atoms with Gasteiger partial charge in [0, 0.05) is 25.2 Å². The first-order valence-electron chi connectivity index (χ1n) is 7.91. The van der Waals surface area contributed by atoms with Gasteiger partial charge in [0.15, 0.2) is 0 Å². The lowest BCUT2D eigenvalue weighted by Crippen LogP contribution is -2.28. The van der Waals surface area contributed by atoms with E-state index in [-0.39, 0.29) is 18.2 Å². The number of anilines is 1. The Labute approximate surface area is 140 Å². The van der Waals surface area contributed by atoms with E-state index < -0.39 is 11.7 Å². The molecule has 1 heterocycles. The number of nitrogens with one attached hydrogen (secondary N) is 1. The molecular weight excluding hydrogens is 307 g/mol. The van der Waals surface area contributed by atoms with Crippen molar-refractivity contribution >= 4 is 17.5 Å². The van der Waals surface area contributed by atoms with Gasteiger partial charge in [0.2, 0.25) is 11.8 Å². The van der Waals surface area contributed by atoms with Crippen LogP contribution in [0.15, 0.2) is 48.5 Å². The molecule has 1 atom stereocenters. The van der Waals surface area contributed by atoms with E-state index in [1.54, 1.807) is 17.9 Å². The maximum Gasteiger partial charge on any atom is 0.229 e. The van der Waals surface area contributed by atoms with Gasteiger partial charge in [-0.3, -0.25) is 9.59 Å². The minimum atomic E-state index is -0.413. The highest BCUT2D eigenvalue weighted by molar-refractivity contribution is 5.97. The number of nitrogens with zero attached hydrogens (tertiary/aromatic N) is 1. The molecule has 1 saturated heterocycles. The molecule has 0 aliphatic carbocycles. The average Bonchev–Trinajstić information content (AvgIpc) is 2.93. The number of carbonyl (C=O) groups is 2. The van der Waals surface area contributed by atoms with Crippen molar-refractivity contribution in [2.24, 2.45) is 5.92 Å². The largest absolute Gasteiger partial charge is 0.338 e. The highest BCUT2D eigenvalue weighted by atomic mass is 19.1. The zero-order valence-corrected chi connectivity index (χ0v) is 13.5. The van der Waals surface area contributed by atoms with E-state index in [2.05, 4.69) is 5.32 Å². The molecule has 0 aromatic heterocycles. The molecule has 5 heteroatoms. The molecule has 1 fully saturated rings. The molecule has 3 rings (SSSR count). The first-order valence-corrected chi connectivity index (χ1v) is 7.91. The van der Waals surface area contributed by atoms with Crippen LogP contribution in [0.3, 0.4) is 0 Å². The van der Waals surface area contributed by atoms with Crippen molar-refractivity contribution in [2.75, 3.05) is 11.9 Å². The Balaban J connectivity index is 1.64. The molecule has 1 aliphatic heterocycles. The van der Waals surface area contributed by atoms with Crippen LogP contribution in [-0.2, 0) is 16.1 Å². The summed E-state index contributed by atoms with van der Waals surface area (Å²) in [6.07, 6.45) is 0.188. The fraction of sp³-hybridized carbons (Fsp3) is 0.263. The lowest BCUT2D eigenvalue weighted by molar-refractivity contribution is -0.128. The Bertz CT molecular complexity index is 761. The minimum absolute atomic E-state index is 0.0324. The summed E-state index contributed by atoms with van der Waals surface area (Å²) >= 11 is 0. The molecule has 124 valence electrons. The van der Waals surface area contributed by atoms with Gasteiger partial charge in [-0.2, -0.15) is 0 Å².